The number of piperidine rings is 1. The van der Waals surface area contributed by atoms with Crippen LogP contribution in [0.25, 0.3) is 0 Å². The number of pyridine rings is 1. The Hall–Kier alpha value is -4.40. The number of nitrogens with two attached hydrogens (primary N) is 1. The number of halogens is 1. The van der Waals surface area contributed by atoms with Gasteiger partial charge in [-0.1, -0.05) is 0 Å². The predicted octanol–water partition coefficient (Wildman–Crippen LogP) is 1.19. The lowest BCUT2D eigenvalue weighted by Gasteiger charge is -2.39. The quantitative estimate of drug-likeness (QED) is 0.382. The minimum Gasteiger partial charge on any atom is -0.481 e. The van der Waals surface area contributed by atoms with Crippen LogP contribution in [0.2, 0.25) is 0 Å². The van der Waals surface area contributed by atoms with Crippen LogP contribution < -0.4 is 15.8 Å². The normalized spacial score (nSPS) is 18.3. The van der Waals surface area contributed by atoms with E-state index in [-0.39, 0.29) is 41.2 Å². The van der Waals surface area contributed by atoms with Crippen molar-refractivity contribution in [3.63, 3.8) is 0 Å². The number of carbonyl (C=O) groups excluding carboxylic acids is 2. The zero-order valence-corrected chi connectivity index (χ0v) is 19.6. The standard InChI is InChI=1S/C24H25FN8O3/c1-36-21-6-16(17(25)12-31-21)18(27)7-19(28)23(35)33-5-2-15(8-24(33)3-4-24)22(34)32-13-20-29-10-14(9-26)11-30-20/h6-7,10-12,15,27H,2-5,8,13,28H2,1H3,(H,32,34)/t15-/m0/s1. The van der Waals surface area contributed by atoms with E-state index in [2.05, 4.69) is 20.3 Å². The van der Waals surface area contributed by atoms with Crippen molar-refractivity contribution in [3.8, 4) is 11.9 Å². The lowest BCUT2D eigenvalue weighted by atomic mass is 9.88. The number of hydrogen-bond donors (Lipinski definition) is 3. The van der Waals surface area contributed by atoms with E-state index in [0.717, 1.165) is 25.1 Å². The maximum atomic E-state index is 14.1. The van der Waals surface area contributed by atoms with Gasteiger partial charge in [-0.3, -0.25) is 9.59 Å². The largest absolute Gasteiger partial charge is 0.481 e. The number of ether oxygens (including phenoxy) is 1. The number of rotatable bonds is 7. The summed E-state index contributed by atoms with van der Waals surface area (Å²) in [6, 6.07) is 3.21. The van der Waals surface area contributed by atoms with Gasteiger partial charge in [-0.05, 0) is 31.8 Å². The molecule has 1 aliphatic heterocycles. The highest BCUT2D eigenvalue weighted by Gasteiger charge is 2.54. The SMILES string of the molecule is COc1cc(C(=N)C=C(N)C(=O)N2CC[C@H](C(=O)NCc3ncc(C#N)cn3)CC23CC3)c(F)cn1. The van der Waals surface area contributed by atoms with Crippen molar-refractivity contribution in [3.05, 3.63) is 59.2 Å². The van der Waals surface area contributed by atoms with Crippen LogP contribution in [0.5, 0.6) is 5.88 Å². The smallest absolute Gasteiger partial charge is 0.270 e. The second kappa shape index (κ2) is 10.1. The topological polar surface area (TPSA) is 171 Å². The van der Waals surface area contributed by atoms with E-state index in [1.54, 1.807) is 4.90 Å². The van der Waals surface area contributed by atoms with E-state index in [0.29, 0.717) is 30.8 Å². The molecule has 0 unspecified atom stereocenters. The second-order valence-electron chi connectivity index (χ2n) is 8.81. The molecule has 12 heteroatoms. The number of aromatic nitrogens is 3. The van der Waals surface area contributed by atoms with Gasteiger partial charge in [0, 0.05) is 42.0 Å². The molecule has 2 aliphatic rings. The van der Waals surface area contributed by atoms with Crippen LogP contribution in [-0.4, -0.2) is 56.6 Å². The first-order chi connectivity index (χ1) is 17.3. The molecule has 2 aromatic heterocycles. The van der Waals surface area contributed by atoms with Crippen LogP contribution in [-0.2, 0) is 16.1 Å². The number of hydrogen-bond acceptors (Lipinski definition) is 9. The van der Waals surface area contributed by atoms with Gasteiger partial charge in [0.1, 0.15) is 11.9 Å². The fraction of sp³-hybridized carbons (Fsp3) is 0.375. The summed E-state index contributed by atoms with van der Waals surface area (Å²) in [4.78, 5) is 39.4. The molecule has 2 aromatic rings. The third-order valence-corrected chi connectivity index (χ3v) is 6.47. The molecule has 1 spiro atoms. The molecular formula is C24H25FN8O3. The van der Waals surface area contributed by atoms with Crippen molar-refractivity contribution in [2.45, 2.75) is 37.8 Å². The van der Waals surface area contributed by atoms with Gasteiger partial charge >= 0.3 is 0 Å². The summed E-state index contributed by atoms with van der Waals surface area (Å²) in [7, 11) is 1.38. The second-order valence-corrected chi connectivity index (χ2v) is 8.81. The van der Waals surface area contributed by atoms with E-state index < -0.39 is 17.3 Å². The molecule has 1 saturated carbocycles. The molecule has 2 fully saturated rings. The highest BCUT2D eigenvalue weighted by atomic mass is 19.1. The van der Waals surface area contributed by atoms with Crippen molar-refractivity contribution in [2.75, 3.05) is 13.7 Å². The molecule has 11 nitrogen and oxygen atoms in total. The molecule has 1 aliphatic carbocycles. The Labute approximate surface area is 206 Å². The summed E-state index contributed by atoms with van der Waals surface area (Å²) in [5, 5.41) is 19.8. The highest BCUT2D eigenvalue weighted by Crippen LogP contribution is 2.50. The fourth-order valence-electron chi connectivity index (χ4n) is 4.35. The molecule has 0 aromatic carbocycles. The van der Waals surface area contributed by atoms with Crippen molar-refractivity contribution in [1.82, 2.24) is 25.2 Å². The molecule has 4 rings (SSSR count). The summed E-state index contributed by atoms with van der Waals surface area (Å²) in [6.07, 6.45) is 7.33. The first-order valence-electron chi connectivity index (χ1n) is 11.3. The number of methoxy groups -OCH3 is 1. The molecule has 2 amide bonds. The Morgan fingerprint density at radius 3 is 2.72 bits per heavy atom. The third kappa shape index (κ3) is 5.14. The Kier molecular flexibility index (Phi) is 6.91. The van der Waals surface area contributed by atoms with Gasteiger partial charge in [-0.25, -0.2) is 19.3 Å². The Bertz CT molecular complexity index is 1270. The van der Waals surface area contributed by atoms with Crippen molar-refractivity contribution >= 4 is 17.5 Å². The lowest BCUT2D eigenvalue weighted by Crippen LogP contribution is -2.51. The highest BCUT2D eigenvalue weighted by molar-refractivity contribution is 6.11. The summed E-state index contributed by atoms with van der Waals surface area (Å²) in [6.45, 7) is 0.481. The summed E-state index contributed by atoms with van der Waals surface area (Å²) in [5.74, 6) is -1.06. The van der Waals surface area contributed by atoms with Crippen LogP contribution in [0.3, 0.4) is 0 Å². The zero-order valence-electron chi connectivity index (χ0n) is 19.6. The minimum absolute atomic E-state index is 0.0830. The van der Waals surface area contributed by atoms with Crippen LogP contribution in [0.1, 0.15) is 42.6 Å². The van der Waals surface area contributed by atoms with E-state index in [4.69, 9.17) is 21.1 Å². The van der Waals surface area contributed by atoms with Gasteiger partial charge < -0.3 is 26.1 Å². The lowest BCUT2D eigenvalue weighted by molar-refractivity contribution is -0.137. The average molecular weight is 493 g/mol. The van der Waals surface area contributed by atoms with E-state index >= 15 is 0 Å². The number of allylic oxidation sites excluding steroid dienone is 1. The summed E-state index contributed by atoms with van der Waals surface area (Å²) < 4.78 is 19.1. The molecular weight excluding hydrogens is 467 g/mol. The number of likely N-dealkylation sites (tertiary alicyclic amines) is 1. The number of nitriles is 1. The maximum absolute atomic E-state index is 14.1. The Balaban J connectivity index is 1.38. The average Bonchev–Trinajstić information content (AvgIpc) is 3.66. The molecule has 4 N–H and O–H groups in total. The maximum Gasteiger partial charge on any atom is 0.270 e. The molecule has 0 radical (unpaired) electrons. The van der Waals surface area contributed by atoms with Gasteiger partial charge in [0.05, 0.1) is 36.8 Å². The number of nitrogens with one attached hydrogen (secondary N) is 2. The van der Waals surface area contributed by atoms with Gasteiger partial charge in [-0.2, -0.15) is 5.26 Å². The number of carbonyl (C=O) groups is 2. The monoisotopic (exact) mass is 492 g/mol. The Morgan fingerprint density at radius 2 is 2.08 bits per heavy atom. The van der Waals surface area contributed by atoms with Crippen LogP contribution >= 0.6 is 0 Å². The molecule has 186 valence electrons. The first-order valence-corrected chi connectivity index (χ1v) is 11.3. The first kappa shape index (κ1) is 24.7. The van der Waals surface area contributed by atoms with E-state index in [1.165, 1.54) is 25.6 Å². The van der Waals surface area contributed by atoms with Gasteiger partial charge in [0.15, 0.2) is 5.82 Å². The molecule has 0 bridgehead atoms. The van der Waals surface area contributed by atoms with Gasteiger partial charge in [-0.15, -0.1) is 0 Å². The summed E-state index contributed by atoms with van der Waals surface area (Å²) in [5.41, 5.74) is 5.38. The fourth-order valence-corrected chi connectivity index (χ4v) is 4.35. The molecule has 1 atom stereocenters. The summed E-state index contributed by atoms with van der Waals surface area (Å²) >= 11 is 0. The van der Waals surface area contributed by atoms with Crippen molar-refractivity contribution in [2.24, 2.45) is 11.7 Å². The van der Waals surface area contributed by atoms with E-state index in [9.17, 15) is 14.0 Å². The Morgan fingerprint density at radius 1 is 1.36 bits per heavy atom. The van der Waals surface area contributed by atoms with Crippen molar-refractivity contribution in [1.29, 1.82) is 10.7 Å². The van der Waals surface area contributed by atoms with Gasteiger partial charge in [0.2, 0.25) is 11.8 Å². The van der Waals surface area contributed by atoms with Crippen LogP contribution in [0, 0.1) is 28.5 Å². The van der Waals surface area contributed by atoms with Crippen LogP contribution in [0.4, 0.5) is 4.39 Å². The van der Waals surface area contributed by atoms with E-state index in [1.807, 2.05) is 6.07 Å². The molecule has 1 saturated heterocycles. The van der Waals surface area contributed by atoms with Gasteiger partial charge in [0.25, 0.3) is 5.91 Å². The number of amides is 2. The molecule has 3 heterocycles. The third-order valence-electron chi connectivity index (χ3n) is 6.47. The van der Waals surface area contributed by atoms with Crippen molar-refractivity contribution < 1.29 is 18.7 Å². The zero-order chi connectivity index (χ0) is 25.9. The predicted molar refractivity (Wildman–Crippen MR) is 125 cm³/mol. The number of nitrogens with zero attached hydrogens (tertiary/aromatic N) is 5. The van der Waals surface area contributed by atoms with Crippen LogP contribution in [0.15, 0.2) is 36.4 Å². The minimum atomic E-state index is -0.728. The molecule has 36 heavy (non-hydrogen) atoms.